The average Bonchev–Trinajstić information content (AvgIpc) is 2.39. The monoisotopic (exact) mass is 337 g/mol. The van der Waals surface area contributed by atoms with Gasteiger partial charge in [-0.3, -0.25) is 10.1 Å². The van der Waals surface area contributed by atoms with Crippen molar-refractivity contribution < 1.29 is 14.8 Å². The van der Waals surface area contributed by atoms with E-state index in [-0.39, 0.29) is 5.69 Å². The van der Waals surface area contributed by atoms with Crippen molar-refractivity contribution in [2.24, 2.45) is 0 Å². The molecule has 0 radical (unpaired) electrons. The average molecular weight is 338 g/mol. The van der Waals surface area contributed by atoms with Crippen LogP contribution < -0.4 is 4.74 Å². The Morgan fingerprint density at radius 3 is 2.45 bits per heavy atom. The molecular weight excluding hydrogens is 326 g/mol. The quantitative estimate of drug-likeness (QED) is 0.670. The molecule has 0 fully saturated rings. The maximum Gasteiger partial charge on any atom is 0.269 e. The lowest BCUT2D eigenvalue weighted by Gasteiger charge is -2.13. The number of rotatable bonds is 4. The van der Waals surface area contributed by atoms with E-state index < -0.39 is 11.0 Å². The summed E-state index contributed by atoms with van der Waals surface area (Å²) in [5, 5.41) is 20.3. The first-order chi connectivity index (χ1) is 9.47. The number of non-ortho nitro benzene ring substituents is 1. The molecule has 0 heterocycles. The van der Waals surface area contributed by atoms with E-state index in [0.717, 1.165) is 4.47 Å². The molecule has 20 heavy (non-hydrogen) atoms. The van der Waals surface area contributed by atoms with Crippen molar-refractivity contribution in [1.29, 1.82) is 0 Å². The number of nitro benzene ring substituents is 1. The summed E-state index contributed by atoms with van der Waals surface area (Å²) in [6.07, 6.45) is -0.670. The van der Waals surface area contributed by atoms with Gasteiger partial charge in [-0.15, -0.1) is 0 Å². The van der Waals surface area contributed by atoms with E-state index in [1.54, 1.807) is 19.1 Å². The van der Waals surface area contributed by atoms with Gasteiger partial charge in [0, 0.05) is 22.2 Å². The number of nitrogens with zero attached hydrogens (tertiary/aromatic N) is 1. The first kappa shape index (κ1) is 14.5. The fraction of sp³-hybridized carbons (Fsp3) is 0.143. The van der Waals surface area contributed by atoms with Gasteiger partial charge in [-0.1, -0.05) is 22.0 Å². The van der Waals surface area contributed by atoms with E-state index in [1.807, 2.05) is 6.07 Å². The minimum absolute atomic E-state index is 0.00217. The highest BCUT2D eigenvalue weighted by Gasteiger charge is 2.11. The summed E-state index contributed by atoms with van der Waals surface area (Å²) in [5.41, 5.74) is 0.647. The normalized spacial score (nSPS) is 11.9. The molecule has 0 aliphatic rings. The summed E-state index contributed by atoms with van der Waals surface area (Å²) >= 11 is 3.34. The van der Waals surface area contributed by atoms with Crippen molar-refractivity contribution in [3.63, 3.8) is 0 Å². The first-order valence-corrected chi connectivity index (χ1v) is 6.66. The van der Waals surface area contributed by atoms with Crippen LogP contribution >= 0.6 is 15.9 Å². The molecule has 0 saturated heterocycles. The molecule has 1 N–H and O–H groups in total. The predicted octanol–water partition coefficient (Wildman–Crippen LogP) is 4.20. The van der Waals surface area contributed by atoms with Gasteiger partial charge in [0.05, 0.1) is 11.0 Å². The summed E-state index contributed by atoms with van der Waals surface area (Å²) in [4.78, 5) is 10.1. The highest BCUT2D eigenvalue weighted by molar-refractivity contribution is 9.10. The van der Waals surface area contributed by atoms with E-state index in [2.05, 4.69) is 15.9 Å². The van der Waals surface area contributed by atoms with Crippen LogP contribution in [0.2, 0.25) is 0 Å². The lowest BCUT2D eigenvalue weighted by molar-refractivity contribution is -0.384. The van der Waals surface area contributed by atoms with Gasteiger partial charge in [0.15, 0.2) is 0 Å². The van der Waals surface area contributed by atoms with E-state index in [9.17, 15) is 15.2 Å². The van der Waals surface area contributed by atoms with Crippen molar-refractivity contribution >= 4 is 21.6 Å². The molecule has 2 rings (SSSR count). The zero-order valence-corrected chi connectivity index (χ0v) is 12.2. The van der Waals surface area contributed by atoms with E-state index in [1.165, 1.54) is 24.3 Å². The number of aliphatic hydroxyl groups is 1. The van der Waals surface area contributed by atoms with Gasteiger partial charge < -0.3 is 9.84 Å². The molecule has 5 nitrogen and oxygen atoms in total. The Bertz CT molecular complexity index is 626. The SMILES string of the molecule is CC(O)c1ccc(Br)cc1Oc1ccc([N+](=O)[O-])cc1. The second-order valence-corrected chi connectivity index (χ2v) is 5.13. The number of nitro groups is 1. The van der Waals surface area contributed by atoms with Crippen LogP contribution in [0, 0.1) is 10.1 Å². The summed E-state index contributed by atoms with van der Waals surface area (Å²) in [6.45, 7) is 1.64. The van der Waals surface area contributed by atoms with Crippen molar-refractivity contribution in [1.82, 2.24) is 0 Å². The maximum absolute atomic E-state index is 10.6. The first-order valence-electron chi connectivity index (χ1n) is 5.87. The molecule has 2 aromatic rings. The van der Waals surface area contributed by atoms with Crippen molar-refractivity contribution in [3.8, 4) is 11.5 Å². The van der Waals surface area contributed by atoms with Crippen LogP contribution in [0.15, 0.2) is 46.9 Å². The van der Waals surface area contributed by atoms with Crippen LogP contribution in [0.5, 0.6) is 11.5 Å². The van der Waals surface area contributed by atoms with Crippen LogP contribution in [-0.4, -0.2) is 10.0 Å². The van der Waals surface area contributed by atoms with Gasteiger partial charge in [-0.05, 0) is 31.2 Å². The molecule has 0 amide bonds. The van der Waals surface area contributed by atoms with Gasteiger partial charge >= 0.3 is 0 Å². The molecule has 0 spiro atoms. The Morgan fingerprint density at radius 1 is 1.25 bits per heavy atom. The lowest BCUT2D eigenvalue weighted by atomic mass is 10.1. The van der Waals surface area contributed by atoms with Crippen LogP contribution in [0.4, 0.5) is 5.69 Å². The van der Waals surface area contributed by atoms with E-state index >= 15 is 0 Å². The lowest BCUT2D eigenvalue weighted by Crippen LogP contribution is -1.96. The Morgan fingerprint density at radius 2 is 1.90 bits per heavy atom. The van der Waals surface area contributed by atoms with E-state index in [0.29, 0.717) is 17.1 Å². The number of hydrogen-bond donors (Lipinski definition) is 1. The second kappa shape index (κ2) is 6.02. The van der Waals surface area contributed by atoms with Crippen molar-refractivity contribution in [2.75, 3.05) is 0 Å². The molecular formula is C14H12BrNO4. The number of hydrogen-bond acceptors (Lipinski definition) is 4. The minimum atomic E-state index is -0.670. The summed E-state index contributed by atoms with van der Waals surface area (Å²) in [5.74, 6) is 0.971. The number of benzene rings is 2. The molecule has 1 unspecified atom stereocenters. The number of aliphatic hydroxyl groups excluding tert-OH is 1. The zero-order chi connectivity index (χ0) is 14.7. The highest BCUT2D eigenvalue weighted by atomic mass is 79.9. The summed E-state index contributed by atoms with van der Waals surface area (Å²) < 4.78 is 6.49. The van der Waals surface area contributed by atoms with Crippen LogP contribution in [0.1, 0.15) is 18.6 Å². The predicted molar refractivity (Wildman–Crippen MR) is 77.9 cm³/mol. The largest absolute Gasteiger partial charge is 0.457 e. The van der Waals surface area contributed by atoms with Crippen molar-refractivity contribution in [3.05, 3.63) is 62.6 Å². The Hall–Kier alpha value is -1.92. The van der Waals surface area contributed by atoms with Crippen molar-refractivity contribution in [2.45, 2.75) is 13.0 Å². The van der Waals surface area contributed by atoms with Gasteiger partial charge in [-0.2, -0.15) is 0 Å². The molecule has 0 aliphatic carbocycles. The van der Waals surface area contributed by atoms with Gasteiger partial charge in [0.1, 0.15) is 11.5 Å². The van der Waals surface area contributed by atoms with Gasteiger partial charge in [0.25, 0.3) is 5.69 Å². The smallest absolute Gasteiger partial charge is 0.269 e. The molecule has 1 atom stereocenters. The third kappa shape index (κ3) is 3.34. The fourth-order valence-electron chi connectivity index (χ4n) is 1.70. The van der Waals surface area contributed by atoms with Crippen LogP contribution in [0.25, 0.3) is 0 Å². The zero-order valence-electron chi connectivity index (χ0n) is 10.6. The minimum Gasteiger partial charge on any atom is -0.457 e. The Kier molecular flexibility index (Phi) is 4.36. The second-order valence-electron chi connectivity index (χ2n) is 4.21. The topological polar surface area (TPSA) is 72.6 Å². The fourth-order valence-corrected chi connectivity index (χ4v) is 2.04. The molecule has 6 heteroatoms. The number of halogens is 1. The standard InChI is InChI=1S/C14H12BrNO4/c1-9(17)13-7-2-10(15)8-14(13)20-12-5-3-11(4-6-12)16(18)19/h2-9,17H,1H3. The molecule has 2 aromatic carbocycles. The maximum atomic E-state index is 10.6. The van der Waals surface area contributed by atoms with Crippen LogP contribution in [-0.2, 0) is 0 Å². The third-order valence-corrected chi connectivity index (χ3v) is 3.19. The summed E-state index contributed by atoms with van der Waals surface area (Å²) in [7, 11) is 0. The summed E-state index contributed by atoms with van der Waals surface area (Å²) in [6, 6.07) is 11.1. The third-order valence-electron chi connectivity index (χ3n) is 2.70. The van der Waals surface area contributed by atoms with E-state index in [4.69, 9.17) is 4.74 Å². The number of ether oxygens (including phenoxy) is 1. The Balaban J connectivity index is 2.29. The van der Waals surface area contributed by atoms with Crippen LogP contribution in [0.3, 0.4) is 0 Å². The highest BCUT2D eigenvalue weighted by Crippen LogP contribution is 2.32. The van der Waals surface area contributed by atoms with Gasteiger partial charge in [-0.25, -0.2) is 0 Å². The van der Waals surface area contributed by atoms with Gasteiger partial charge in [0.2, 0.25) is 0 Å². The molecule has 0 bridgehead atoms. The molecule has 104 valence electrons. The molecule has 0 aromatic heterocycles. The molecule has 0 saturated carbocycles. The Labute approximate surface area is 124 Å². The molecule has 0 aliphatic heterocycles.